The average molecular weight is 580 g/mol. The van der Waals surface area contributed by atoms with E-state index in [0.29, 0.717) is 11.4 Å². The molecule has 41 heavy (non-hydrogen) atoms. The third-order valence-electron chi connectivity index (χ3n) is 7.38. The number of halogens is 1. The number of aromatic nitrogens is 3. The molecule has 3 heterocycles. The lowest BCUT2D eigenvalue weighted by Crippen LogP contribution is -2.42. The first-order valence-corrected chi connectivity index (χ1v) is 14.6. The third-order valence-corrected chi connectivity index (χ3v) is 9.44. The van der Waals surface area contributed by atoms with Crippen molar-refractivity contribution in [3.8, 4) is 5.69 Å². The number of benzene rings is 2. The third kappa shape index (κ3) is 5.40. The molecule has 0 aliphatic carbocycles. The molecule has 0 radical (unpaired) electrons. The van der Waals surface area contributed by atoms with Crippen LogP contribution >= 0.6 is 0 Å². The highest BCUT2D eigenvalue weighted by Crippen LogP contribution is 2.30. The van der Waals surface area contributed by atoms with Gasteiger partial charge in [-0.05, 0) is 57.0 Å². The van der Waals surface area contributed by atoms with Crippen LogP contribution < -0.4 is 10.9 Å². The first kappa shape index (κ1) is 28.2. The lowest BCUT2D eigenvalue weighted by atomic mass is 9.97. The van der Waals surface area contributed by atoms with E-state index in [1.54, 1.807) is 49.0 Å². The van der Waals surface area contributed by atoms with Crippen LogP contribution in [0.3, 0.4) is 0 Å². The largest absolute Gasteiger partial charge is 0.355 e. The molecule has 0 atom stereocenters. The number of carbonyl (C=O) groups is 1. The van der Waals surface area contributed by atoms with Gasteiger partial charge in [-0.15, -0.1) is 0 Å². The van der Waals surface area contributed by atoms with Crippen molar-refractivity contribution in [2.75, 3.05) is 18.4 Å². The van der Waals surface area contributed by atoms with E-state index < -0.39 is 21.8 Å². The Kier molecular flexibility index (Phi) is 7.78. The topological polar surface area (TPSA) is 119 Å². The minimum absolute atomic E-state index is 0.000122. The first-order valence-electron chi connectivity index (χ1n) is 13.1. The summed E-state index contributed by atoms with van der Waals surface area (Å²) in [5.74, 6) is -1.26. The molecule has 0 bridgehead atoms. The molecule has 1 N–H and O–H groups in total. The van der Waals surface area contributed by atoms with Gasteiger partial charge in [0.2, 0.25) is 15.9 Å². The van der Waals surface area contributed by atoms with Gasteiger partial charge >= 0.3 is 0 Å². The van der Waals surface area contributed by atoms with Crippen molar-refractivity contribution < 1.29 is 22.1 Å². The van der Waals surface area contributed by atoms with Crippen molar-refractivity contribution >= 4 is 33.8 Å². The first-order chi connectivity index (χ1) is 19.6. The summed E-state index contributed by atoms with van der Waals surface area (Å²) >= 11 is 0. The maximum atomic E-state index is 14.0. The van der Waals surface area contributed by atoms with Gasteiger partial charge in [-0.3, -0.25) is 14.3 Å². The zero-order valence-electron chi connectivity index (χ0n) is 22.9. The molecule has 2 aromatic carbocycles. The van der Waals surface area contributed by atoms with Gasteiger partial charge in [0, 0.05) is 31.6 Å². The fourth-order valence-electron chi connectivity index (χ4n) is 5.00. The van der Waals surface area contributed by atoms with Crippen LogP contribution in [0.4, 0.5) is 10.1 Å². The van der Waals surface area contributed by atoms with Crippen LogP contribution in [-0.2, 0) is 21.9 Å². The van der Waals surface area contributed by atoms with E-state index in [2.05, 4.69) is 10.5 Å². The number of hydrogen-bond donors (Lipinski definition) is 1. The smallest absolute Gasteiger partial charge is 0.295 e. The molecule has 1 amide bonds. The Hall–Kier alpha value is -4.29. The van der Waals surface area contributed by atoms with Crippen molar-refractivity contribution in [2.24, 2.45) is 13.0 Å². The summed E-state index contributed by atoms with van der Waals surface area (Å²) in [6, 6.07) is 15.2. The predicted octanol–water partition coefficient (Wildman–Crippen LogP) is 4.13. The van der Waals surface area contributed by atoms with Gasteiger partial charge in [-0.25, -0.2) is 17.5 Å². The van der Waals surface area contributed by atoms with Crippen LogP contribution in [0.15, 0.2) is 68.8 Å². The molecule has 1 aliphatic heterocycles. The highest BCUT2D eigenvalue weighted by atomic mass is 32.2. The number of anilines is 1. The number of piperidine rings is 1. The number of sulfonamides is 1. The summed E-state index contributed by atoms with van der Waals surface area (Å²) < 4.78 is 50.9. The van der Waals surface area contributed by atoms with Crippen molar-refractivity contribution in [3.05, 3.63) is 93.5 Å². The second-order valence-corrected chi connectivity index (χ2v) is 11.8. The number of carbonyl (C=O) groups excluding carboxylic acids is 1. The normalized spacial score (nSPS) is 15.0. The molecule has 0 unspecified atom stereocenters. The van der Waals surface area contributed by atoms with Crippen LogP contribution in [0.5, 0.6) is 0 Å². The Morgan fingerprint density at radius 1 is 1.05 bits per heavy atom. The SMILES string of the molecule is Cc1noc(/C=C/c2ccccc2F)c1S(=O)(=O)N1CCC(C(=O)Nc2c(C)n(C)n(-c3ccccc3)c2=O)CC1. The average Bonchev–Trinajstić information content (AvgIpc) is 3.45. The molecule has 12 heteroatoms. The van der Waals surface area contributed by atoms with Crippen molar-refractivity contribution in [1.29, 1.82) is 0 Å². The highest BCUT2D eigenvalue weighted by Gasteiger charge is 2.36. The Balaban J connectivity index is 1.29. The number of nitrogens with one attached hydrogen (secondary N) is 1. The zero-order chi connectivity index (χ0) is 29.3. The van der Waals surface area contributed by atoms with E-state index in [4.69, 9.17) is 4.52 Å². The van der Waals surface area contributed by atoms with E-state index in [0.717, 1.165) is 0 Å². The number of hydrogen-bond acceptors (Lipinski definition) is 6. The number of amides is 1. The van der Waals surface area contributed by atoms with Crippen LogP contribution in [0.2, 0.25) is 0 Å². The zero-order valence-corrected chi connectivity index (χ0v) is 23.7. The summed E-state index contributed by atoms with van der Waals surface area (Å²) in [7, 11) is -2.26. The fourth-order valence-corrected chi connectivity index (χ4v) is 6.72. The second-order valence-electron chi connectivity index (χ2n) is 9.92. The quantitative estimate of drug-likeness (QED) is 0.352. The summed E-state index contributed by atoms with van der Waals surface area (Å²) in [4.78, 5) is 26.2. The lowest BCUT2D eigenvalue weighted by Gasteiger charge is -2.30. The van der Waals surface area contributed by atoms with Crippen LogP contribution in [0.1, 0.15) is 35.6 Å². The molecule has 214 valence electrons. The van der Waals surface area contributed by atoms with Gasteiger partial charge in [0.15, 0.2) is 10.7 Å². The van der Waals surface area contributed by atoms with E-state index in [9.17, 15) is 22.4 Å². The van der Waals surface area contributed by atoms with E-state index in [1.165, 1.54) is 34.1 Å². The van der Waals surface area contributed by atoms with Crippen molar-refractivity contribution in [2.45, 2.75) is 31.6 Å². The Labute approximate surface area is 236 Å². The molecule has 1 aliphatic rings. The maximum Gasteiger partial charge on any atom is 0.295 e. The van der Waals surface area contributed by atoms with Crippen LogP contribution in [0.25, 0.3) is 17.8 Å². The molecule has 4 aromatic rings. The molecule has 10 nitrogen and oxygen atoms in total. The standard InChI is InChI=1S/C29H30FN5O5S/c1-19-27(25(40-32-19)14-13-21-9-7-8-12-24(21)30)41(38,39)34-17-15-22(16-18-34)28(36)31-26-20(2)33(3)35(29(26)37)23-10-5-4-6-11-23/h4-14,22H,15-18H2,1-3H3,(H,31,36)/b14-13+. The van der Waals surface area contributed by atoms with Crippen molar-refractivity contribution in [1.82, 2.24) is 18.8 Å². The fraction of sp³-hybridized carbons (Fsp3) is 0.276. The molecule has 0 spiro atoms. The molecule has 1 saturated heterocycles. The van der Waals surface area contributed by atoms with Gasteiger partial charge in [-0.2, -0.15) is 4.31 Å². The van der Waals surface area contributed by atoms with Gasteiger partial charge in [0.1, 0.15) is 17.2 Å². The summed E-state index contributed by atoms with van der Waals surface area (Å²) in [6.07, 6.45) is 3.36. The summed E-state index contributed by atoms with van der Waals surface area (Å²) in [6.45, 7) is 3.49. The second kappa shape index (κ2) is 11.3. The van der Waals surface area contributed by atoms with Crippen LogP contribution in [0, 0.1) is 25.6 Å². The number of aryl methyl sites for hydroxylation is 1. The molecule has 1 fully saturated rings. The van der Waals surface area contributed by atoms with E-state index in [1.807, 2.05) is 18.2 Å². The molecular weight excluding hydrogens is 549 g/mol. The minimum Gasteiger partial charge on any atom is -0.355 e. The Morgan fingerprint density at radius 3 is 2.39 bits per heavy atom. The molecule has 5 rings (SSSR count). The molecular formula is C29H30FN5O5S. The maximum absolute atomic E-state index is 14.0. The van der Waals surface area contributed by atoms with Gasteiger partial charge in [0.05, 0.1) is 11.4 Å². The minimum atomic E-state index is -4.01. The van der Waals surface area contributed by atoms with Gasteiger partial charge < -0.3 is 9.84 Å². The monoisotopic (exact) mass is 579 g/mol. The summed E-state index contributed by atoms with van der Waals surface area (Å²) in [5.41, 5.74) is 1.60. The number of nitrogens with zero attached hydrogens (tertiary/aromatic N) is 4. The number of rotatable bonds is 7. The summed E-state index contributed by atoms with van der Waals surface area (Å²) in [5, 5.41) is 6.62. The predicted molar refractivity (Wildman–Crippen MR) is 152 cm³/mol. The van der Waals surface area contributed by atoms with Crippen molar-refractivity contribution in [3.63, 3.8) is 0 Å². The van der Waals surface area contributed by atoms with Gasteiger partial charge in [-0.1, -0.05) is 41.6 Å². The van der Waals surface area contributed by atoms with Gasteiger partial charge in [0.25, 0.3) is 5.56 Å². The van der Waals surface area contributed by atoms with Crippen LogP contribution in [-0.4, -0.2) is 46.2 Å². The number of para-hydroxylation sites is 1. The highest BCUT2D eigenvalue weighted by molar-refractivity contribution is 7.89. The molecule has 0 saturated carbocycles. The lowest BCUT2D eigenvalue weighted by molar-refractivity contribution is -0.120. The molecule has 2 aromatic heterocycles. The van der Waals surface area contributed by atoms with E-state index in [-0.39, 0.29) is 65.0 Å². The van der Waals surface area contributed by atoms with E-state index >= 15 is 0 Å². The Morgan fingerprint density at radius 2 is 1.71 bits per heavy atom. The Bertz CT molecular complexity index is 1780.